The van der Waals surface area contributed by atoms with Crippen molar-refractivity contribution < 1.29 is 9.59 Å². The number of hydrogen-bond acceptors (Lipinski definition) is 3. The zero-order valence-corrected chi connectivity index (χ0v) is 16.0. The zero-order valence-electron chi connectivity index (χ0n) is 15.2. The minimum atomic E-state index is 0.00521. The molecule has 0 unspecified atom stereocenters. The molecule has 2 amide bonds. The number of halogens is 1. The molecule has 0 N–H and O–H groups in total. The molecule has 1 saturated heterocycles. The van der Waals surface area contributed by atoms with Crippen molar-refractivity contribution in [3.05, 3.63) is 34.9 Å². The molecule has 2 rings (SSSR count). The average molecular weight is 366 g/mol. The number of likely N-dealkylation sites (N-methyl/N-ethyl adjacent to an activating group) is 1. The quantitative estimate of drug-likeness (QED) is 0.744. The summed E-state index contributed by atoms with van der Waals surface area (Å²) in [5.41, 5.74) is 1.10. The molecule has 25 heavy (non-hydrogen) atoms. The molecular formula is C19H28ClN3O2. The summed E-state index contributed by atoms with van der Waals surface area (Å²) in [4.78, 5) is 30.3. The lowest BCUT2D eigenvalue weighted by molar-refractivity contribution is -0.134. The van der Waals surface area contributed by atoms with Crippen LogP contribution >= 0.6 is 11.6 Å². The normalized spacial score (nSPS) is 15.2. The molecule has 0 bridgehead atoms. The van der Waals surface area contributed by atoms with Crippen molar-refractivity contribution in [3.8, 4) is 0 Å². The average Bonchev–Trinajstić information content (AvgIpc) is 2.61. The highest BCUT2D eigenvalue weighted by atomic mass is 35.5. The van der Waals surface area contributed by atoms with Crippen molar-refractivity contribution in [1.29, 1.82) is 0 Å². The fourth-order valence-electron chi connectivity index (χ4n) is 3.09. The summed E-state index contributed by atoms with van der Waals surface area (Å²) in [6, 6.07) is 7.67. The minimum Gasteiger partial charge on any atom is -0.342 e. The Morgan fingerprint density at radius 1 is 1.16 bits per heavy atom. The van der Waals surface area contributed by atoms with Crippen LogP contribution in [0.25, 0.3) is 0 Å². The number of benzene rings is 1. The van der Waals surface area contributed by atoms with E-state index in [0.29, 0.717) is 24.5 Å². The molecule has 1 aliphatic rings. The summed E-state index contributed by atoms with van der Waals surface area (Å²) in [5, 5.41) is 0.702. The third-order valence-corrected chi connectivity index (χ3v) is 5.01. The predicted molar refractivity (Wildman–Crippen MR) is 101 cm³/mol. The van der Waals surface area contributed by atoms with Gasteiger partial charge in [-0.25, -0.2) is 0 Å². The van der Waals surface area contributed by atoms with Crippen LogP contribution in [0.4, 0.5) is 0 Å². The molecule has 0 aromatic heterocycles. The second-order valence-electron chi connectivity index (χ2n) is 6.45. The highest BCUT2D eigenvalue weighted by Crippen LogP contribution is 2.12. The second kappa shape index (κ2) is 9.78. The molecule has 1 aromatic carbocycles. The molecule has 138 valence electrons. The maximum atomic E-state index is 12.4. The van der Waals surface area contributed by atoms with Crippen LogP contribution in [0.2, 0.25) is 5.02 Å². The Labute approximate surface area is 155 Å². The summed E-state index contributed by atoms with van der Waals surface area (Å²) >= 11 is 6.00. The van der Waals surface area contributed by atoms with E-state index in [0.717, 1.165) is 44.7 Å². The highest BCUT2D eigenvalue weighted by Gasteiger charge is 2.21. The summed E-state index contributed by atoms with van der Waals surface area (Å²) in [7, 11) is 0. The van der Waals surface area contributed by atoms with Crippen LogP contribution in [0.15, 0.2) is 24.3 Å². The Kier molecular flexibility index (Phi) is 7.72. The Balaban J connectivity index is 1.79. The first-order valence-corrected chi connectivity index (χ1v) is 9.37. The van der Waals surface area contributed by atoms with E-state index >= 15 is 0 Å². The van der Waals surface area contributed by atoms with Crippen molar-refractivity contribution in [1.82, 2.24) is 14.7 Å². The largest absolute Gasteiger partial charge is 0.342 e. The monoisotopic (exact) mass is 365 g/mol. The number of hydrogen-bond donors (Lipinski definition) is 0. The fourth-order valence-corrected chi connectivity index (χ4v) is 3.30. The first-order chi connectivity index (χ1) is 12.0. The Morgan fingerprint density at radius 2 is 1.88 bits per heavy atom. The van der Waals surface area contributed by atoms with Crippen LogP contribution in [0.5, 0.6) is 0 Å². The molecule has 0 aliphatic carbocycles. The van der Waals surface area contributed by atoms with Crippen LogP contribution in [0.3, 0.4) is 0 Å². The summed E-state index contributed by atoms with van der Waals surface area (Å²) in [5.74, 6) is 0.149. The van der Waals surface area contributed by atoms with Crippen LogP contribution in [-0.4, -0.2) is 72.3 Å². The molecule has 1 heterocycles. The standard InChI is InChI=1S/C19H28ClN3O2/c1-3-21-11-13-23(14-12-21)19(25)8-10-22(16(2)24)9-7-17-5-4-6-18(20)15-17/h4-6,15H,3,7-14H2,1-2H3. The lowest BCUT2D eigenvalue weighted by Crippen LogP contribution is -2.49. The van der Waals surface area contributed by atoms with Gasteiger partial charge in [-0.15, -0.1) is 0 Å². The van der Waals surface area contributed by atoms with E-state index in [-0.39, 0.29) is 11.8 Å². The third kappa shape index (κ3) is 6.33. The molecule has 1 aromatic rings. The van der Waals surface area contributed by atoms with E-state index in [2.05, 4.69) is 11.8 Å². The van der Waals surface area contributed by atoms with Crippen LogP contribution in [0, 0.1) is 0 Å². The Morgan fingerprint density at radius 3 is 2.48 bits per heavy atom. The highest BCUT2D eigenvalue weighted by molar-refractivity contribution is 6.30. The first-order valence-electron chi connectivity index (χ1n) is 8.99. The van der Waals surface area contributed by atoms with Crippen molar-refractivity contribution in [3.63, 3.8) is 0 Å². The maximum absolute atomic E-state index is 12.4. The number of carbonyl (C=O) groups is 2. The molecule has 0 radical (unpaired) electrons. The maximum Gasteiger partial charge on any atom is 0.224 e. The van der Waals surface area contributed by atoms with E-state index in [9.17, 15) is 9.59 Å². The van der Waals surface area contributed by atoms with Gasteiger partial charge in [0.2, 0.25) is 11.8 Å². The molecule has 0 atom stereocenters. The lowest BCUT2D eigenvalue weighted by Gasteiger charge is -2.34. The van der Waals surface area contributed by atoms with Crippen molar-refractivity contribution >= 4 is 23.4 Å². The van der Waals surface area contributed by atoms with Crippen LogP contribution < -0.4 is 0 Å². The third-order valence-electron chi connectivity index (χ3n) is 4.77. The molecule has 1 fully saturated rings. The van der Waals surface area contributed by atoms with Gasteiger partial charge in [-0.1, -0.05) is 30.7 Å². The van der Waals surface area contributed by atoms with Gasteiger partial charge in [0, 0.05) is 57.6 Å². The predicted octanol–water partition coefficient (Wildman–Crippen LogP) is 2.29. The molecule has 0 saturated carbocycles. The van der Waals surface area contributed by atoms with Gasteiger partial charge in [-0.05, 0) is 30.7 Å². The molecule has 1 aliphatic heterocycles. The number of nitrogens with zero attached hydrogens (tertiary/aromatic N) is 3. The van der Waals surface area contributed by atoms with Crippen LogP contribution in [-0.2, 0) is 16.0 Å². The van der Waals surface area contributed by atoms with Crippen LogP contribution in [0.1, 0.15) is 25.8 Å². The summed E-state index contributed by atoms with van der Waals surface area (Å²) < 4.78 is 0. The van der Waals surface area contributed by atoms with Crippen molar-refractivity contribution in [2.24, 2.45) is 0 Å². The first kappa shape index (κ1) is 19.7. The lowest BCUT2D eigenvalue weighted by atomic mass is 10.1. The summed E-state index contributed by atoms with van der Waals surface area (Å²) in [6.07, 6.45) is 1.13. The summed E-state index contributed by atoms with van der Waals surface area (Å²) in [6.45, 7) is 9.26. The van der Waals surface area contributed by atoms with E-state index in [1.807, 2.05) is 29.2 Å². The molecule has 5 nitrogen and oxygen atoms in total. The van der Waals surface area contributed by atoms with E-state index < -0.39 is 0 Å². The van der Waals surface area contributed by atoms with Gasteiger partial charge >= 0.3 is 0 Å². The Bertz CT molecular complexity index is 586. The second-order valence-corrected chi connectivity index (χ2v) is 6.89. The SMILES string of the molecule is CCN1CCN(C(=O)CCN(CCc2cccc(Cl)c2)C(C)=O)CC1. The topological polar surface area (TPSA) is 43.9 Å². The molecular weight excluding hydrogens is 338 g/mol. The van der Waals surface area contributed by atoms with Gasteiger partial charge in [0.1, 0.15) is 0 Å². The number of piperazine rings is 1. The van der Waals surface area contributed by atoms with Gasteiger partial charge < -0.3 is 14.7 Å². The fraction of sp³-hybridized carbons (Fsp3) is 0.579. The van der Waals surface area contributed by atoms with E-state index in [1.54, 1.807) is 11.8 Å². The van der Waals surface area contributed by atoms with E-state index in [4.69, 9.17) is 11.6 Å². The van der Waals surface area contributed by atoms with Crippen molar-refractivity contribution in [2.45, 2.75) is 26.7 Å². The molecule has 0 spiro atoms. The molecule has 6 heteroatoms. The van der Waals surface area contributed by atoms with Gasteiger partial charge in [0.25, 0.3) is 0 Å². The van der Waals surface area contributed by atoms with Gasteiger partial charge in [0.05, 0.1) is 0 Å². The number of amides is 2. The number of carbonyl (C=O) groups excluding carboxylic acids is 2. The van der Waals surface area contributed by atoms with Gasteiger partial charge in [-0.3, -0.25) is 9.59 Å². The van der Waals surface area contributed by atoms with Gasteiger partial charge in [0.15, 0.2) is 0 Å². The van der Waals surface area contributed by atoms with E-state index in [1.165, 1.54) is 0 Å². The smallest absolute Gasteiger partial charge is 0.224 e. The van der Waals surface area contributed by atoms with Gasteiger partial charge in [-0.2, -0.15) is 0 Å². The zero-order chi connectivity index (χ0) is 18.2. The minimum absolute atomic E-state index is 0.00521. The number of rotatable bonds is 7. The Hall–Kier alpha value is -1.59. The van der Waals surface area contributed by atoms with Crippen molar-refractivity contribution in [2.75, 3.05) is 45.8 Å².